The Morgan fingerprint density at radius 1 is 1.32 bits per heavy atom. The van der Waals surface area contributed by atoms with E-state index in [2.05, 4.69) is 35.7 Å². The van der Waals surface area contributed by atoms with Crippen molar-refractivity contribution < 1.29 is 4.79 Å². The van der Waals surface area contributed by atoms with E-state index in [0.29, 0.717) is 18.3 Å². The minimum Gasteiger partial charge on any atom is -0.338 e. The van der Waals surface area contributed by atoms with Gasteiger partial charge in [-0.25, -0.2) is 0 Å². The molecule has 1 amide bonds. The maximum absolute atomic E-state index is 12.5. The van der Waals surface area contributed by atoms with Crippen LogP contribution in [0.4, 0.5) is 0 Å². The van der Waals surface area contributed by atoms with Gasteiger partial charge in [0, 0.05) is 5.92 Å². The molecule has 3 nitrogen and oxygen atoms in total. The molecule has 0 saturated heterocycles. The predicted octanol–water partition coefficient (Wildman–Crippen LogP) is 3.23. The molecule has 0 radical (unpaired) electrons. The predicted molar refractivity (Wildman–Crippen MR) is 85.8 cm³/mol. The second kappa shape index (κ2) is 5.96. The fraction of sp³-hybridized carbons (Fsp3) is 0.474. The maximum Gasteiger partial charge on any atom is 0.224 e. The van der Waals surface area contributed by atoms with E-state index in [9.17, 15) is 10.1 Å². The number of carbonyl (C=O) groups is 1. The second-order valence-electron chi connectivity index (χ2n) is 6.81. The third kappa shape index (κ3) is 3.06. The highest BCUT2D eigenvalue weighted by molar-refractivity contribution is 5.81. The number of hydrogen-bond acceptors (Lipinski definition) is 2. The van der Waals surface area contributed by atoms with Gasteiger partial charge in [0.25, 0.3) is 0 Å². The monoisotopic (exact) mass is 294 g/mol. The third-order valence-electron chi connectivity index (χ3n) is 5.02. The average molecular weight is 294 g/mol. The largest absolute Gasteiger partial charge is 0.338 e. The number of nitriles is 1. The van der Waals surface area contributed by atoms with Crippen LogP contribution in [0.15, 0.2) is 42.5 Å². The lowest BCUT2D eigenvalue weighted by molar-refractivity contribution is -0.127. The van der Waals surface area contributed by atoms with Crippen molar-refractivity contribution in [1.29, 1.82) is 5.26 Å². The molecule has 2 aliphatic carbocycles. The van der Waals surface area contributed by atoms with Gasteiger partial charge in [-0.15, -0.1) is 0 Å². The van der Waals surface area contributed by atoms with Crippen LogP contribution in [0.2, 0.25) is 0 Å². The summed E-state index contributed by atoms with van der Waals surface area (Å²) in [5, 5.41) is 12.5. The molecule has 0 spiro atoms. The highest BCUT2D eigenvalue weighted by Crippen LogP contribution is 2.43. The standard InChI is InChI=1S/C19H22N2O/c1-19(13-20,10-9-14-5-3-2-4-6-14)21-18(22)17-12-15-7-8-16(17)11-15/h2-8,15-17H,9-12H2,1H3,(H,21,22)/t15-,16-,17+,19-/m0/s1. The Morgan fingerprint density at radius 3 is 2.68 bits per heavy atom. The number of amides is 1. The van der Waals surface area contributed by atoms with Crippen LogP contribution in [0.1, 0.15) is 31.7 Å². The SMILES string of the molecule is C[C@@](C#N)(CCc1ccccc1)NC(=O)[C@@H]1C[C@H]2C=C[C@H]1C2. The van der Waals surface area contributed by atoms with E-state index < -0.39 is 5.54 Å². The summed E-state index contributed by atoms with van der Waals surface area (Å²) in [6.45, 7) is 1.83. The van der Waals surface area contributed by atoms with Crippen LogP contribution >= 0.6 is 0 Å². The topological polar surface area (TPSA) is 52.9 Å². The van der Waals surface area contributed by atoms with E-state index in [1.807, 2.05) is 25.1 Å². The van der Waals surface area contributed by atoms with Crippen LogP contribution in [0.3, 0.4) is 0 Å². The van der Waals surface area contributed by atoms with Gasteiger partial charge in [-0.3, -0.25) is 4.79 Å². The Balaban J connectivity index is 1.59. The number of fused-ring (bicyclic) bond motifs is 2. The smallest absolute Gasteiger partial charge is 0.224 e. The summed E-state index contributed by atoms with van der Waals surface area (Å²) in [6.07, 6.45) is 7.87. The molecule has 2 bridgehead atoms. The summed E-state index contributed by atoms with van der Waals surface area (Å²) in [6, 6.07) is 12.4. The molecule has 4 atom stereocenters. The Morgan fingerprint density at radius 2 is 2.09 bits per heavy atom. The van der Waals surface area contributed by atoms with Crippen molar-refractivity contribution in [2.24, 2.45) is 17.8 Å². The average Bonchev–Trinajstić information content (AvgIpc) is 3.17. The fourth-order valence-corrected chi connectivity index (χ4v) is 3.63. The van der Waals surface area contributed by atoms with Gasteiger partial charge in [0.15, 0.2) is 0 Å². The van der Waals surface area contributed by atoms with E-state index in [1.54, 1.807) is 0 Å². The summed E-state index contributed by atoms with van der Waals surface area (Å²) < 4.78 is 0. The van der Waals surface area contributed by atoms with Crippen LogP contribution in [0.5, 0.6) is 0 Å². The molecular formula is C19H22N2O. The van der Waals surface area contributed by atoms with Crippen LogP contribution < -0.4 is 5.32 Å². The van der Waals surface area contributed by atoms with Gasteiger partial charge in [-0.05, 0) is 50.0 Å². The lowest BCUT2D eigenvalue weighted by atomic mass is 9.89. The summed E-state index contributed by atoms with van der Waals surface area (Å²) >= 11 is 0. The lowest BCUT2D eigenvalue weighted by Crippen LogP contribution is -2.48. The van der Waals surface area contributed by atoms with E-state index in [1.165, 1.54) is 5.56 Å². The molecule has 3 rings (SSSR count). The van der Waals surface area contributed by atoms with Gasteiger partial charge in [-0.1, -0.05) is 42.5 Å². The molecular weight excluding hydrogens is 272 g/mol. The summed E-state index contributed by atoms with van der Waals surface area (Å²) in [5.74, 6) is 1.05. The second-order valence-corrected chi connectivity index (χ2v) is 6.81. The zero-order valence-electron chi connectivity index (χ0n) is 13.0. The van der Waals surface area contributed by atoms with Crippen molar-refractivity contribution >= 4 is 5.91 Å². The molecule has 22 heavy (non-hydrogen) atoms. The molecule has 0 unspecified atom stereocenters. The molecule has 1 aromatic carbocycles. The van der Waals surface area contributed by atoms with Crippen molar-refractivity contribution in [2.75, 3.05) is 0 Å². The third-order valence-corrected chi connectivity index (χ3v) is 5.02. The zero-order chi connectivity index (χ0) is 15.6. The summed E-state index contributed by atoms with van der Waals surface area (Å²) in [4.78, 5) is 12.5. The number of aryl methyl sites for hydroxylation is 1. The molecule has 3 heteroatoms. The van der Waals surface area contributed by atoms with E-state index in [4.69, 9.17) is 0 Å². The van der Waals surface area contributed by atoms with Gasteiger partial charge in [0.1, 0.15) is 5.54 Å². The molecule has 1 aromatic rings. The minimum absolute atomic E-state index is 0.0500. The summed E-state index contributed by atoms with van der Waals surface area (Å²) in [7, 11) is 0. The molecule has 0 aromatic heterocycles. The van der Waals surface area contributed by atoms with Gasteiger partial charge >= 0.3 is 0 Å². The number of rotatable bonds is 5. The first kappa shape index (κ1) is 14.8. The fourth-order valence-electron chi connectivity index (χ4n) is 3.63. The number of nitrogens with zero attached hydrogens (tertiary/aromatic N) is 1. The number of benzene rings is 1. The molecule has 0 heterocycles. The van der Waals surface area contributed by atoms with E-state index in [0.717, 1.165) is 19.3 Å². The van der Waals surface area contributed by atoms with Crippen molar-refractivity contribution in [3.05, 3.63) is 48.0 Å². The van der Waals surface area contributed by atoms with Crippen LogP contribution in [-0.4, -0.2) is 11.4 Å². The van der Waals surface area contributed by atoms with Gasteiger partial charge in [0.2, 0.25) is 5.91 Å². The number of allylic oxidation sites excluding steroid dienone is 2. The first-order valence-electron chi connectivity index (χ1n) is 8.05. The quantitative estimate of drug-likeness (QED) is 0.848. The van der Waals surface area contributed by atoms with E-state index in [-0.39, 0.29) is 11.8 Å². The van der Waals surface area contributed by atoms with Gasteiger partial charge in [0.05, 0.1) is 6.07 Å². The van der Waals surface area contributed by atoms with Crippen molar-refractivity contribution in [3.63, 3.8) is 0 Å². The first-order valence-corrected chi connectivity index (χ1v) is 8.05. The Bertz CT molecular complexity index is 616. The normalized spacial score (nSPS) is 28.1. The number of nitrogens with one attached hydrogen (secondary N) is 1. The first-order chi connectivity index (χ1) is 10.6. The maximum atomic E-state index is 12.5. The molecule has 114 valence electrons. The lowest BCUT2D eigenvalue weighted by Gasteiger charge is -2.27. The highest BCUT2D eigenvalue weighted by Gasteiger charge is 2.41. The highest BCUT2D eigenvalue weighted by atomic mass is 16.2. The molecule has 1 saturated carbocycles. The molecule has 0 aliphatic heterocycles. The number of carbonyl (C=O) groups excluding carboxylic acids is 1. The van der Waals surface area contributed by atoms with Crippen LogP contribution in [0.25, 0.3) is 0 Å². The van der Waals surface area contributed by atoms with Crippen LogP contribution in [0, 0.1) is 29.1 Å². The van der Waals surface area contributed by atoms with Crippen LogP contribution in [-0.2, 0) is 11.2 Å². The zero-order valence-corrected chi connectivity index (χ0v) is 13.0. The minimum atomic E-state index is -0.793. The Hall–Kier alpha value is -2.08. The van der Waals surface area contributed by atoms with Gasteiger partial charge in [-0.2, -0.15) is 5.26 Å². The summed E-state index contributed by atoms with van der Waals surface area (Å²) in [5.41, 5.74) is 0.402. The number of hydrogen-bond donors (Lipinski definition) is 1. The molecule has 1 fully saturated rings. The van der Waals surface area contributed by atoms with Gasteiger partial charge < -0.3 is 5.32 Å². The molecule has 2 aliphatic rings. The Labute approximate surface area is 132 Å². The van der Waals surface area contributed by atoms with E-state index >= 15 is 0 Å². The van der Waals surface area contributed by atoms with Crippen molar-refractivity contribution in [2.45, 2.75) is 38.1 Å². The van der Waals surface area contributed by atoms with Crippen molar-refractivity contribution in [3.8, 4) is 6.07 Å². The Kier molecular flexibility index (Phi) is 4.02. The molecule has 1 N–H and O–H groups in total. The van der Waals surface area contributed by atoms with Crippen molar-refractivity contribution in [1.82, 2.24) is 5.32 Å².